The van der Waals surface area contributed by atoms with Crippen molar-refractivity contribution in [3.63, 3.8) is 0 Å². The van der Waals surface area contributed by atoms with Gasteiger partial charge in [-0.05, 0) is 12.0 Å². The summed E-state index contributed by atoms with van der Waals surface area (Å²) >= 11 is 0. The van der Waals surface area contributed by atoms with Crippen molar-refractivity contribution in [2.45, 2.75) is 13.0 Å². The zero-order valence-electron chi connectivity index (χ0n) is 11.7. The SMILES string of the molecule is O=C(O)COC[C@H]1CCN(C(=O)OCc2ccccc2)C1. The summed E-state index contributed by atoms with van der Waals surface area (Å²) in [6.07, 6.45) is 0.472. The molecule has 1 aromatic carbocycles. The Hall–Kier alpha value is -2.08. The fraction of sp³-hybridized carbons (Fsp3) is 0.467. The highest BCUT2D eigenvalue weighted by molar-refractivity contribution is 5.68. The van der Waals surface area contributed by atoms with Gasteiger partial charge in [-0.3, -0.25) is 0 Å². The second-order valence-corrected chi connectivity index (χ2v) is 5.05. The molecule has 0 aromatic heterocycles. The monoisotopic (exact) mass is 293 g/mol. The van der Waals surface area contributed by atoms with Gasteiger partial charge in [-0.15, -0.1) is 0 Å². The van der Waals surface area contributed by atoms with Crippen LogP contribution >= 0.6 is 0 Å². The van der Waals surface area contributed by atoms with E-state index in [4.69, 9.17) is 14.6 Å². The minimum absolute atomic E-state index is 0.175. The maximum Gasteiger partial charge on any atom is 0.410 e. The molecule has 1 amide bonds. The molecule has 1 aliphatic rings. The Morgan fingerprint density at radius 1 is 1.29 bits per heavy atom. The molecule has 1 fully saturated rings. The van der Waals surface area contributed by atoms with Crippen LogP contribution in [0.25, 0.3) is 0 Å². The highest BCUT2D eigenvalue weighted by Crippen LogP contribution is 2.17. The molecule has 114 valence electrons. The zero-order chi connectivity index (χ0) is 15.1. The Labute approximate surface area is 123 Å². The first-order valence-corrected chi connectivity index (χ1v) is 6.90. The third kappa shape index (κ3) is 5.07. The number of hydrogen-bond acceptors (Lipinski definition) is 4. The molecule has 0 spiro atoms. The number of carbonyl (C=O) groups excluding carboxylic acids is 1. The van der Waals surface area contributed by atoms with Crippen LogP contribution in [0.4, 0.5) is 4.79 Å². The van der Waals surface area contributed by atoms with E-state index in [1.54, 1.807) is 4.90 Å². The van der Waals surface area contributed by atoms with Crippen LogP contribution in [0, 0.1) is 5.92 Å². The van der Waals surface area contributed by atoms with Crippen molar-refractivity contribution in [2.24, 2.45) is 5.92 Å². The van der Waals surface area contributed by atoms with Crippen molar-refractivity contribution < 1.29 is 24.2 Å². The minimum Gasteiger partial charge on any atom is -0.480 e. The first-order valence-electron chi connectivity index (χ1n) is 6.90. The quantitative estimate of drug-likeness (QED) is 0.864. The number of carboxylic acid groups (broad SMARTS) is 1. The van der Waals surface area contributed by atoms with Crippen LogP contribution in [-0.2, 0) is 20.9 Å². The topological polar surface area (TPSA) is 76.1 Å². The van der Waals surface area contributed by atoms with Gasteiger partial charge in [-0.25, -0.2) is 9.59 Å². The summed E-state index contributed by atoms with van der Waals surface area (Å²) in [6, 6.07) is 9.51. The molecule has 1 heterocycles. The molecule has 21 heavy (non-hydrogen) atoms. The molecule has 1 saturated heterocycles. The summed E-state index contributed by atoms with van der Waals surface area (Å²) in [6.45, 7) is 1.49. The number of carboxylic acids is 1. The minimum atomic E-state index is -0.980. The molecule has 2 rings (SSSR count). The van der Waals surface area contributed by atoms with Gasteiger partial charge >= 0.3 is 12.1 Å². The van der Waals surface area contributed by atoms with Crippen molar-refractivity contribution in [1.29, 1.82) is 0 Å². The van der Waals surface area contributed by atoms with Crippen LogP contribution in [0.3, 0.4) is 0 Å². The molecule has 1 aromatic rings. The first-order chi connectivity index (χ1) is 10.1. The maximum absolute atomic E-state index is 11.9. The lowest BCUT2D eigenvalue weighted by Gasteiger charge is -2.16. The number of carbonyl (C=O) groups is 2. The van der Waals surface area contributed by atoms with E-state index in [1.807, 2.05) is 30.3 Å². The zero-order valence-corrected chi connectivity index (χ0v) is 11.7. The Kier molecular flexibility index (Phi) is 5.57. The Balaban J connectivity index is 1.68. The van der Waals surface area contributed by atoms with Gasteiger partial charge in [-0.1, -0.05) is 30.3 Å². The Morgan fingerprint density at radius 3 is 2.76 bits per heavy atom. The number of amides is 1. The highest BCUT2D eigenvalue weighted by atomic mass is 16.6. The first kappa shape index (κ1) is 15.3. The molecule has 1 aliphatic heterocycles. The summed E-state index contributed by atoms with van der Waals surface area (Å²) in [7, 11) is 0. The molecule has 0 saturated carbocycles. The Morgan fingerprint density at radius 2 is 2.05 bits per heavy atom. The lowest BCUT2D eigenvalue weighted by Crippen LogP contribution is -2.30. The van der Waals surface area contributed by atoms with Gasteiger partial charge in [0.2, 0.25) is 0 Å². The predicted octanol–water partition coefficient (Wildman–Crippen LogP) is 1.75. The van der Waals surface area contributed by atoms with Crippen molar-refractivity contribution in [3.8, 4) is 0 Å². The molecule has 1 atom stereocenters. The van der Waals surface area contributed by atoms with E-state index in [-0.39, 0.29) is 25.2 Å². The van der Waals surface area contributed by atoms with E-state index in [9.17, 15) is 9.59 Å². The molecule has 0 bridgehead atoms. The van der Waals surface area contributed by atoms with Crippen LogP contribution in [0.2, 0.25) is 0 Å². The standard InChI is InChI=1S/C15H19NO5/c17-14(18)11-20-9-13-6-7-16(8-13)15(19)21-10-12-4-2-1-3-5-12/h1-5,13H,6-11H2,(H,17,18)/t13-/m0/s1. The van der Waals surface area contributed by atoms with Crippen LogP contribution in [-0.4, -0.2) is 48.4 Å². The Bertz CT molecular complexity index is 476. The van der Waals surface area contributed by atoms with Gasteiger partial charge < -0.3 is 19.5 Å². The number of nitrogens with zero attached hydrogens (tertiary/aromatic N) is 1. The number of hydrogen-bond donors (Lipinski definition) is 1. The summed E-state index contributed by atoms with van der Waals surface area (Å²) in [5.41, 5.74) is 0.950. The average molecular weight is 293 g/mol. The predicted molar refractivity (Wildman–Crippen MR) is 74.8 cm³/mol. The van der Waals surface area contributed by atoms with Crippen LogP contribution in [0.15, 0.2) is 30.3 Å². The van der Waals surface area contributed by atoms with Crippen molar-refractivity contribution in [2.75, 3.05) is 26.3 Å². The van der Waals surface area contributed by atoms with Crippen LogP contribution in [0.1, 0.15) is 12.0 Å². The molecular weight excluding hydrogens is 274 g/mol. The third-order valence-corrected chi connectivity index (χ3v) is 3.33. The van der Waals surface area contributed by atoms with Crippen LogP contribution in [0.5, 0.6) is 0 Å². The van der Waals surface area contributed by atoms with Crippen molar-refractivity contribution in [1.82, 2.24) is 4.90 Å². The van der Waals surface area contributed by atoms with E-state index < -0.39 is 5.97 Å². The highest BCUT2D eigenvalue weighted by Gasteiger charge is 2.27. The van der Waals surface area contributed by atoms with Crippen molar-refractivity contribution >= 4 is 12.1 Å². The van der Waals surface area contributed by atoms with E-state index in [0.717, 1.165) is 12.0 Å². The van der Waals surface area contributed by atoms with E-state index in [0.29, 0.717) is 19.7 Å². The third-order valence-electron chi connectivity index (χ3n) is 3.33. The second kappa shape index (κ2) is 7.64. The molecule has 0 aliphatic carbocycles. The number of aliphatic carboxylic acids is 1. The smallest absolute Gasteiger partial charge is 0.410 e. The molecule has 0 unspecified atom stereocenters. The molecular formula is C15H19NO5. The number of likely N-dealkylation sites (tertiary alicyclic amines) is 1. The summed E-state index contributed by atoms with van der Waals surface area (Å²) in [5, 5.41) is 8.50. The van der Waals surface area contributed by atoms with Gasteiger partial charge in [0.15, 0.2) is 0 Å². The van der Waals surface area contributed by atoms with Gasteiger partial charge in [-0.2, -0.15) is 0 Å². The maximum atomic E-state index is 11.9. The molecule has 6 heteroatoms. The summed E-state index contributed by atoms with van der Waals surface area (Å²) in [5.74, 6) is -0.805. The molecule has 0 radical (unpaired) electrons. The fourth-order valence-electron chi connectivity index (χ4n) is 2.26. The van der Waals surface area contributed by atoms with Gasteiger partial charge in [0, 0.05) is 19.0 Å². The number of ether oxygens (including phenoxy) is 2. The average Bonchev–Trinajstić information content (AvgIpc) is 2.94. The normalized spacial score (nSPS) is 17.7. The molecule has 6 nitrogen and oxygen atoms in total. The lowest BCUT2D eigenvalue weighted by molar-refractivity contribution is -0.142. The fourth-order valence-corrected chi connectivity index (χ4v) is 2.26. The second-order valence-electron chi connectivity index (χ2n) is 5.05. The van der Waals surface area contributed by atoms with Crippen LogP contribution < -0.4 is 0 Å². The largest absolute Gasteiger partial charge is 0.480 e. The summed E-state index contributed by atoms with van der Waals surface area (Å²) in [4.78, 5) is 23.9. The summed E-state index contributed by atoms with van der Waals surface area (Å²) < 4.78 is 10.3. The number of benzene rings is 1. The van der Waals surface area contributed by atoms with Gasteiger partial charge in [0.05, 0.1) is 6.61 Å². The van der Waals surface area contributed by atoms with E-state index in [2.05, 4.69) is 0 Å². The van der Waals surface area contributed by atoms with Gasteiger partial charge in [0.1, 0.15) is 13.2 Å². The number of rotatable bonds is 6. The van der Waals surface area contributed by atoms with Gasteiger partial charge in [0.25, 0.3) is 0 Å². The lowest BCUT2D eigenvalue weighted by atomic mass is 10.1. The van der Waals surface area contributed by atoms with E-state index in [1.165, 1.54) is 0 Å². The molecule has 1 N–H and O–H groups in total. The van der Waals surface area contributed by atoms with E-state index >= 15 is 0 Å². The van der Waals surface area contributed by atoms with Crippen molar-refractivity contribution in [3.05, 3.63) is 35.9 Å².